The molecule has 130 valence electrons. The second-order valence-corrected chi connectivity index (χ2v) is 6.29. The molecule has 1 saturated carbocycles. The molecule has 1 aliphatic carbocycles. The summed E-state index contributed by atoms with van der Waals surface area (Å²) < 4.78 is 0. The Hall–Kier alpha value is -1.43. The summed E-state index contributed by atoms with van der Waals surface area (Å²) in [4.78, 5) is 15.4. The molecule has 1 fully saturated rings. The van der Waals surface area contributed by atoms with Gasteiger partial charge in [0.1, 0.15) is 0 Å². The Morgan fingerprint density at radius 1 is 1.12 bits per heavy atom. The fourth-order valence-corrected chi connectivity index (χ4v) is 3.16. The van der Waals surface area contributed by atoms with E-state index in [-0.39, 0.29) is 24.8 Å². The number of halogens is 2. The predicted molar refractivity (Wildman–Crippen MR) is 99.8 cm³/mol. The van der Waals surface area contributed by atoms with Crippen molar-refractivity contribution < 1.29 is 0 Å². The van der Waals surface area contributed by atoms with E-state index in [1.807, 2.05) is 18.5 Å². The van der Waals surface area contributed by atoms with Crippen molar-refractivity contribution in [2.75, 3.05) is 18.4 Å². The SMILES string of the molecule is Cl.Cl.c1cnc(NCc2cncc3c2CCN(CC2CC2)C3)nc1. The van der Waals surface area contributed by atoms with E-state index in [4.69, 9.17) is 0 Å². The van der Waals surface area contributed by atoms with Gasteiger partial charge in [-0.1, -0.05) is 0 Å². The van der Waals surface area contributed by atoms with E-state index in [9.17, 15) is 0 Å². The first-order valence-corrected chi connectivity index (χ1v) is 8.06. The molecule has 3 heterocycles. The van der Waals surface area contributed by atoms with Crippen LogP contribution in [-0.2, 0) is 19.5 Å². The van der Waals surface area contributed by atoms with Gasteiger partial charge in [-0.25, -0.2) is 9.97 Å². The summed E-state index contributed by atoms with van der Waals surface area (Å²) in [7, 11) is 0. The lowest BCUT2D eigenvalue weighted by Gasteiger charge is -2.29. The van der Waals surface area contributed by atoms with E-state index in [2.05, 4.69) is 25.2 Å². The maximum Gasteiger partial charge on any atom is 0.222 e. The lowest BCUT2D eigenvalue weighted by molar-refractivity contribution is 0.243. The summed E-state index contributed by atoms with van der Waals surface area (Å²) in [5, 5.41) is 3.29. The smallest absolute Gasteiger partial charge is 0.222 e. The van der Waals surface area contributed by atoms with Gasteiger partial charge in [0.05, 0.1) is 0 Å². The Labute approximate surface area is 155 Å². The molecule has 1 aliphatic heterocycles. The second-order valence-electron chi connectivity index (χ2n) is 6.29. The normalized spacial score (nSPS) is 16.5. The molecule has 2 aliphatic rings. The molecular formula is C17H23Cl2N5. The van der Waals surface area contributed by atoms with Crippen molar-refractivity contribution in [2.45, 2.75) is 32.4 Å². The molecule has 24 heavy (non-hydrogen) atoms. The third-order valence-corrected chi connectivity index (χ3v) is 4.52. The highest BCUT2D eigenvalue weighted by molar-refractivity contribution is 5.85. The van der Waals surface area contributed by atoms with Gasteiger partial charge in [0.2, 0.25) is 5.95 Å². The first-order valence-electron chi connectivity index (χ1n) is 8.06. The number of nitrogens with zero attached hydrogens (tertiary/aromatic N) is 4. The van der Waals surface area contributed by atoms with Gasteiger partial charge in [-0.3, -0.25) is 9.88 Å². The van der Waals surface area contributed by atoms with Crippen LogP contribution in [0.15, 0.2) is 30.9 Å². The summed E-state index contributed by atoms with van der Waals surface area (Å²) in [6.45, 7) is 4.22. The van der Waals surface area contributed by atoms with Crippen LogP contribution >= 0.6 is 24.8 Å². The minimum absolute atomic E-state index is 0. The lowest BCUT2D eigenvalue weighted by Crippen LogP contribution is -2.33. The van der Waals surface area contributed by atoms with Crippen molar-refractivity contribution in [1.82, 2.24) is 19.9 Å². The predicted octanol–water partition coefficient (Wildman–Crippen LogP) is 3.10. The van der Waals surface area contributed by atoms with Gasteiger partial charge in [0.25, 0.3) is 0 Å². The zero-order valence-electron chi connectivity index (χ0n) is 13.5. The molecule has 0 bridgehead atoms. The van der Waals surface area contributed by atoms with E-state index in [0.29, 0.717) is 5.95 Å². The Bertz CT molecular complexity index is 649. The molecule has 4 rings (SSSR count). The molecule has 0 amide bonds. The molecule has 0 aromatic carbocycles. The second kappa shape index (κ2) is 8.60. The van der Waals surface area contributed by atoms with Crippen molar-refractivity contribution >= 4 is 30.8 Å². The summed E-state index contributed by atoms with van der Waals surface area (Å²) >= 11 is 0. The molecule has 7 heteroatoms. The van der Waals surface area contributed by atoms with Gasteiger partial charge < -0.3 is 5.32 Å². The minimum atomic E-state index is 0. The molecular weight excluding hydrogens is 345 g/mol. The maximum absolute atomic E-state index is 4.43. The molecule has 0 atom stereocenters. The quantitative estimate of drug-likeness (QED) is 0.879. The first-order chi connectivity index (χ1) is 10.9. The zero-order valence-corrected chi connectivity index (χ0v) is 15.2. The fourth-order valence-electron chi connectivity index (χ4n) is 3.16. The molecule has 5 nitrogen and oxygen atoms in total. The van der Waals surface area contributed by atoms with Crippen LogP contribution in [0.3, 0.4) is 0 Å². The highest BCUT2D eigenvalue weighted by Crippen LogP contribution is 2.31. The molecule has 2 aromatic rings. The number of hydrogen-bond donors (Lipinski definition) is 1. The summed E-state index contributed by atoms with van der Waals surface area (Å²) in [5.74, 6) is 1.63. The Balaban J connectivity index is 0.00000104. The van der Waals surface area contributed by atoms with Crippen molar-refractivity contribution in [3.8, 4) is 0 Å². The van der Waals surface area contributed by atoms with Gasteiger partial charge in [0.15, 0.2) is 0 Å². The van der Waals surface area contributed by atoms with E-state index in [1.54, 1.807) is 12.4 Å². The van der Waals surface area contributed by atoms with E-state index >= 15 is 0 Å². The Morgan fingerprint density at radius 2 is 1.92 bits per heavy atom. The first kappa shape index (κ1) is 18.9. The van der Waals surface area contributed by atoms with Crippen LogP contribution in [0.25, 0.3) is 0 Å². The van der Waals surface area contributed by atoms with Crippen LogP contribution in [0.5, 0.6) is 0 Å². The van der Waals surface area contributed by atoms with Crippen LogP contribution in [0.1, 0.15) is 29.5 Å². The maximum atomic E-state index is 4.43. The van der Waals surface area contributed by atoms with Crippen LogP contribution in [0.2, 0.25) is 0 Å². The van der Waals surface area contributed by atoms with Gasteiger partial charge >= 0.3 is 0 Å². The molecule has 0 spiro atoms. The number of pyridine rings is 1. The summed E-state index contributed by atoms with van der Waals surface area (Å²) in [6, 6.07) is 1.82. The van der Waals surface area contributed by atoms with Crippen LogP contribution in [0.4, 0.5) is 5.95 Å². The average molecular weight is 368 g/mol. The van der Waals surface area contributed by atoms with Gasteiger partial charge in [-0.05, 0) is 47.9 Å². The number of rotatable bonds is 5. The fraction of sp³-hybridized carbons (Fsp3) is 0.471. The molecule has 1 N–H and O–H groups in total. The highest BCUT2D eigenvalue weighted by atomic mass is 35.5. The van der Waals surface area contributed by atoms with E-state index in [1.165, 1.54) is 42.6 Å². The molecule has 0 unspecified atom stereocenters. The van der Waals surface area contributed by atoms with E-state index in [0.717, 1.165) is 25.4 Å². The third-order valence-electron chi connectivity index (χ3n) is 4.52. The Morgan fingerprint density at radius 3 is 2.67 bits per heavy atom. The van der Waals surface area contributed by atoms with Gasteiger partial charge in [-0.2, -0.15) is 0 Å². The summed E-state index contributed by atoms with van der Waals surface area (Å²) in [6.07, 6.45) is 11.5. The van der Waals surface area contributed by atoms with Crippen molar-refractivity contribution in [3.05, 3.63) is 47.5 Å². The molecule has 0 radical (unpaired) electrons. The van der Waals surface area contributed by atoms with Crippen molar-refractivity contribution in [1.29, 1.82) is 0 Å². The Kier molecular flexibility index (Phi) is 6.78. The number of hydrogen-bond acceptors (Lipinski definition) is 5. The van der Waals surface area contributed by atoms with Crippen molar-refractivity contribution in [3.63, 3.8) is 0 Å². The monoisotopic (exact) mass is 367 g/mol. The number of nitrogens with one attached hydrogen (secondary N) is 1. The number of fused-ring (bicyclic) bond motifs is 1. The van der Waals surface area contributed by atoms with Gasteiger partial charge in [-0.15, -0.1) is 24.8 Å². The van der Waals surface area contributed by atoms with Crippen LogP contribution in [-0.4, -0.2) is 32.9 Å². The van der Waals surface area contributed by atoms with Crippen LogP contribution in [0, 0.1) is 5.92 Å². The highest BCUT2D eigenvalue weighted by Gasteiger charge is 2.27. The zero-order chi connectivity index (χ0) is 14.8. The summed E-state index contributed by atoms with van der Waals surface area (Å²) in [5.41, 5.74) is 4.13. The number of aromatic nitrogens is 3. The molecule has 2 aromatic heterocycles. The van der Waals surface area contributed by atoms with Crippen molar-refractivity contribution in [2.24, 2.45) is 5.92 Å². The third kappa shape index (κ3) is 4.56. The standard InChI is InChI=1S/C17H21N5.2ClH/c1-5-19-17(20-6-1)21-10-14-8-18-9-15-12-22(7-4-16(14)15)11-13-2-3-13;;/h1,5-6,8-9,13H,2-4,7,10-12H2,(H,19,20,21);2*1H. The van der Waals surface area contributed by atoms with Gasteiger partial charge in [0, 0.05) is 51.0 Å². The van der Waals surface area contributed by atoms with E-state index < -0.39 is 0 Å². The molecule has 0 saturated heterocycles. The van der Waals surface area contributed by atoms with Crippen LogP contribution < -0.4 is 5.32 Å². The lowest BCUT2D eigenvalue weighted by atomic mass is 9.97. The minimum Gasteiger partial charge on any atom is -0.350 e. The topological polar surface area (TPSA) is 53.9 Å². The largest absolute Gasteiger partial charge is 0.350 e. The number of anilines is 1. The average Bonchev–Trinajstić information content (AvgIpc) is 3.37.